The van der Waals surface area contributed by atoms with Crippen molar-refractivity contribution in [1.82, 2.24) is 0 Å². The summed E-state index contributed by atoms with van der Waals surface area (Å²) in [7, 11) is 1.35. The van der Waals surface area contributed by atoms with Gasteiger partial charge in [0, 0.05) is 17.4 Å². The minimum absolute atomic E-state index is 0.323. The lowest BCUT2D eigenvalue weighted by molar-refractivity contribution is 0.0602. The van der Waals surface area contributed by atoms with Crippen LogP contribution in [0.1, 0.15) is 31.1 Å². The number of ether oxygens (including phenoxy) is 1. The molecule has 3 N–H and O–H groups in total. The highest BCUT2D eigenvalue weighted by Gasteiger charge is 2.12. The number of methoxy groups -OCH3 is 1. The van der Waals surface area contributed by atoms with Crippen LogP contribution in [0.5, 0.6) is 0 Å². The van der Waals surface area contributed by atoms with Crippen LogP contribution in [-0.4, -0.2) is 19.1 Å². The van der Waals surface area contributed by atoms with Crippen molar-refractivity contribution < 1.29 is 9.53 Å². The van der Waals surface area contributed by atoms with Crippen LogP contribution in [0.25, 0.3) is 0 Å². The lowest BCUT2D eigenvalue weighted by Crippen LogP contribution is -2.21. The highest BCUT2D eigenvalue weighted by atomic mass is 16.5. The molecule has 17 heavy (non-hydrogen) atoms. The summed E-state index contributed by atoms with van der Waals surface area (Å²) in [5, 5.41) is 3.32. The van der Waals surface area contributed by atoms with Gasteiger partial charge in [0.05, 0.1) is 12.7 Å². The lowest BCUT2D eigenvalue weighted by Gasteiger charge is -2.19. The van der Waals surface area contributed by atoms with Gasteiger partial charge in [-0.15, -0.1) is 0 Å². The molecule has 0 saturated heterocycles. The van der Waals surface area contributed by atoms with Gasteiger partial charge in [0.2, 0.25) is 0 Å². The summed E-state index contributed by atoms with van der Waals surface area (Å²) < 4.78 is 4.68. The normalized spacial score (nSPS) is 12.3. The van der Waals surface area contributed by atoms with Crippen LogP contribution in [-0.2, 0) is 4.74 Å². The van der Waals surface area contributed by atoms with Crippen LogP contribution >= 0.6 is 0 Å². The van der Waals surface area contributed by atoms with Gasteiger partial charge in [0.1, 0.15) is 0 Å². The predicted molar refractivity (Wildman–Crippen MR) is 70.1 cm³/mol. The Labute approximate surface area is 102 Å². The smallest absolute Gasteiger partial charge is 0.340 e. The van der Waals surface area contributed by atoms with Gasteiger partial charge in [-0.1, -0.05) is 13.8 Å². The number of benzene rings is 1. The van der Waals surface area contributed by atoms with Crippen molar-refractivity contribution in [1.29, 1.82) is 0 Å². The monoisotopic (exact) mass is 236 g/mol. The minimum atomic E-state index is -0.414. The van der Waals surface area contributed by atoms with Crippen LogP contribution < -0.4 is 11.1 Å². The van der Waals surface area contributed by atoms with E-state index in [0.717, 1.165) is 5.69 Å². The van der Waals surface area contributed by atoms with Crippen molar-refractivity contribution in [2.45, 2.75) is 26.8 Å². The number of anilines is 2. The number of hydrogen-bond acceptors (Lipinski definition) is 4. The Balaban J connectivity index is 2.93. The van der Waals surface area contributed by atoms with E-state index in [1.807, 2.05) is 6.07 Å². The fraction of sp³-hybridized carbons (Fsp3) is 0.462. The van der Waals surface area contributed by atoms with Gasteiger partial charge in [-0.3, -0.25) is 0 Å². The average Bonchev–Trinajstić information content (AvgIpc) is 2.30. The van der Waals surface area contributed by atoms with Crippen molar-refractivity contribution >= 4 is 17.3 Å². The molecule has 0 radical (unpaired) electrons. The first kappa shape index (κ1) is 13.4. The number of carbonyl (C=O) groups is 1. The van der Waals surface area contributed by atoms with E-state index in [0.29, 0.717) is 23.2 Å². The van der Waals surface area contributed by atoms with E-state index in [9.17, 15) is 4.79 Å². The Hall–Kier alpha value is -1.71. The molecule has 1 aromatic rings. The molecule has 0 spiro atoms. The van der Waals surface area contributed by atoms with E-state index in [4.69, 9.17) is 5.73 Å². The predicted octanol–water partition coefficient (Wildman–Crippen LogP) is 2.51. The van der Waals surface area contributed by atoms with E-state index < -0.39 is 5.97 Å². The lowest BCUT2D eigenvalue weighted by atomic mass is 10.1. The second-order valence-corrected chi connectivity index (χ2v) is 4.47. The maximum absolute atomic E-state index is 11.5. The standard InChI is InChI=1S/C13H20N2O2/c1-8(2)9(3)15-10-5-6-12(14)11(7-10)13(16)17-4/h5-9,15H,14H2,1-4H3. The number of nitrogens with one attached hydrogen (secondary N) is 1. The average molecular weight is 236 g/mol. The summed E-state index contributed by atoms with van der Waals surface area (Å²) >= 11 is 0. The molecule has 0 heterocycles. The fourth-order valence-corrected chi connectivity index (χ4v) is 1.36. The number of nitrogens with two attached hydrogens (primary N) is 1. The first-order chi connectivity index (χ1) is 7.95. The fourth-order valence-electron chi connectivity index (χ4n) is 1.36. The number of esters is 1. The topological polar surface area (TPSA) is 64.3 Å². The molecule has 1 rings (SSSR count). The van der Waals surface area contributed by atoms with Crippen LogP contribution in [0.4, 0.5) is 11.4 Å². The number of carbonyl (C=O) groups excluding carboxylic acids is 1. The van der Waals surface area contributed by atoms with E-state index in [-0.39, 0.29) is 0 Å². The van der Waals surface area contributed by atoms with Crippen molar-refractivity contribution in [3.8, 4) is 0 Å². The first-order valence-electron chi connectivity index (χ1n) is 5.70. The van der Waals surface area contributed by atoms with Crippen molar-refractivity contribution in [2.75, 3.05) is 18.2 Å². The molecule has 0 aliphatic rings. The molecule has 0 amide bonds. The molecule has 0 aliphatic carbocycles. The SMILES string of the molecule is COC(=O)c1cc(NC(C)C(C)C)ccc1N. The zero-order chi connectivity index (χ0) is 13.0. The first-order valence-corrected chi connectivity index (χ1v) is 5.70. The van der Waals surface area contributed by atoms with Crippen molar-refractivity contribution in [3.05, 3.63) is 23.8 Å². The van der Waals surface area contributed by atoms with Gasteiger partial charge < -0.3 is 15.8 Å². The Morgan fingerprint density at radius 3 is 2.53 bits per heavy atom. The van der Waals surface area contributed by atoms with E-state index in [1.54, 1.807) is 12.1 Å². The second kappa shape index (κ2) is 5.57. The minimum Gasteiger partial charge on any atom is -0.465 e. The maximum Gasteiger partial charge on any atom is 0.340 e. The highest BCUT2D eigenvalue weighted by molar-refractivity contribution is 5.96. The van der Waals surface area contributed by atoms with Crippen LogP contribution in [0.15, 0.2) is 18.2 Å². The quantitative estimate of drug-likeness (QED) is 0.622. The zero-order valence-corrected chi connectivity index (χ0v) is 10.8. The third-order valence-corrected chi connectivity index (χ3v) is 2.85. The molecule has 1 unspecified atom stereocenters. The largest absolute Gasteiger partial charge is 0.465 e. The molecule has 1 aromatic carbocycles. The molecular weight excluding hydrogens is 216 g/mol. The summed E-state index contributed by atoms with van der Waals surface area (Å²) in [5.41, 5.74) is 7.43. The molecule has 4 heteroatoms. The maximum atomic E-state index is 11.5. The molecule has 1 atom stereocenters. The molecule has 4 nitrogen and oxygen atoms in total. The van der Waals surface area contributed by atoms with E-state index in [1.165, 1.54) is 7.11 Å². The Morgan fingerprint density at radius 2 is 2.00 bits per heavy atom. The summed E-state index contributed by atoms with van der Waals surface area (Å²) in [4.78, 5) is 11.5. The van der Waals surface area contributed by atoms with E-state index in [2.05, 4.69) is 30.8 Å². The highest BCUT2D eigenvalue weighted by Crippen LogP contribution is 2.20. The molecule has 0 aliphatic heterocycles. The van der Waals surface area contributed by atoms with Crippen LogP contribution in [0, 0.1) is 5.92 Å². The Kier molecular flexibility index (Phi) is 4.37. The summed E-state index contributed by atoms with van der Waals surface area (Å²) in [6.45, 7) is 6.37. The van der Waals surface area contributed by atoms with E-state index >= 15 is 0 Å². The Morgan fingerprint density at radius 1 is 1.35 bits per heavy atom. The van der Waals surface area contributed by atoms with Gasteiger partial charge >= 0.3 is 5.97 Å². The van der Waals surface area contributed by atoms with Gasteiger partial charge in [-0.2, -0.15) is 0 Å². The van der Waals surface area contributed by atoms with Gasteiger partial charge in [-0.25, -0.2) is 4.79 Å². The Bertz CT molecular complexity index is 402. The molecule has 0 bridgehead atoms. The summed E-state index contributed by atoms with van der Waals surface area (Å²) in [6.07, 6.45) is 0. The number of nitrogen functional groups attached to an aromatic ring is 1. The second-order valence-electron chi connectivity index (χ2n) is 4.47. The third kappa shape index (κ3) is 3.37. The van der Waals surface area contributed by atoms with Gasteiger partial charge in [-0.05, 0) is 31.0 Å². The third-order valence-electron chi connectivity index (χ3n) is 2.85. The zero-order valence-electron chi connectivity index (χ0n) is 10.8. The summed E-state index contributed by atoms with van der Waals surface area (Å²) in [5.74, 6) is 0.0949. The number of hydrogen-bond donors (Lipinski definition) is 2. The molecule has 0 saturated carbocycles. The van der Waals surface area contributed by atoms with Gasteiger partial charge in [0.15, 0.2) is 0 Å². The summed E-state index contributed by atoms with van der Waals surface area (Å²) in [6, 6.07) is 5.62. The van der Waals surface area contributed by atoms with Crippen LogP contribution in [0.2, 0.25) is 0 Å². The van der Waals surface area contributed by atoms with Gasteiger partial charge in [0.25, 0.3) is 0 Å². The molecule has 94 valence electrons. The molecule has 0 aromatic heterocycles. The molecule has 0 fully saturated rings. The van der Waals surface area contributed by atoms with Crippen molar-refractivity contribution in [3.63, 3.8) is 0 Å². The van der Waals surface area contributed by atoms with Crippen LogP contribution in [0.3, 0.4) is 0 Å². The number of rotatable bonds is 4. The van der Waals surface area contributed by atoms with Crippen molar-refractivity contribution in [2.24, 2.45) is 5.92 Å². The molecular formula is C13H20N2O2.